The molecule has 2 saturated carbocycles. The fourth-order valence-corrected chi connectivity index (χ4v) is 4.31. The van der Waals surface area contributed by atoms with Gasteiger partial charge in [0.25, 0.3) is 0 Å². The molecule has 104 valence electrons. The van der Waals surface area contributed by atoms with Crippen molar-refractivity contribution in [3.63, 3.8) is 0 Å². The summed E-state index contributed by atoms with van der Waals surface area (Å²) in [6.45, 7) is 1.66. The molecule has 0 aromatic heterocycles. The van der Waals surface area contributed by atoms with Gasteiger partial charge in [-0.1, -0.05) is 29.6 Å². The summed E-state index contributed by atoms with van der Waals surface area (Å²) < 4.78 is 0. The number of phenols is 1. The van der Waals surface area contributed by atoms with Crippen LogP contribution in [0.25, 0.3) is 0 Å². The summed E-state index contributed by atoms with van der Waals surface area (Å²) >= 11 is 11.9. The summed E-state index contributed by atoms with van der Waals surface area (Å²) in [6.07, 6.45) is 5.65. The number of aromatic hydroxyl groups is 1. The first kappa shape index (κ1) is 13.5. The average Bonchev–Trinajstić information content (AvgIpc) is 2.97. The van der Waals surface area contributed by atoms with Crippen LogP contribution < -0.4 is 5.32 Å². The molecule has 2 aliphatic carbocycles. The molecule has 2 aliphatic rings. The molecule has 2 nitrogen and oxygen atoms in total. The Kier molecular flexibility index (Phi) is 3.93. The van der Waals surface area contributed by atoms with Crippen molar-refractivity contribution in [2.45, 2.75) is 32.2 Å². The van der Waals surface area contributed by atoms with E-state index < -0.39 is 0 Å². The zero-order valence-electron chi connectivity index (χ0n) is 10.8. The first-order valence-corrected chi connectivity index (χ1v) is 7.76. The van der Waals surface area contributed by atoms with Crippen LogP contribution >= 0.6 is 23.2 Å². The van der Waals surface area contributed by atoms with Gasteiger partial charge in [0.2, 0.25) is 0 Å². The molecule has 1 aromatic rings. The molecular formula is C15H19Cl2NO. The van der Waals surface area contributed by atoms with Crippen LogP contribution in [0.4, 0.5) is 0 Å². The van der Waals surface area contributed by atoms with Crippen molar-refractivity contribution in [1.29, 1.82) is 0 Å². The van der Waals surface area contributed by atoms with Crippen LogP contribution in [0.15, 0.2) is 12.1 Å². The van der Waals surface area contributed by atoms with Crippen molar-refractivity contribution in [2.24, 2.45) is 17.8 Å². The number of benzene rings is 1. The first-order valence-electron chi connectivity index (χ1n) is 7.01. The molecule has 0 aliphatic heterocycles. The first-order chi connectivity index (χ1) is 9.13. The lowest BCUT2D eigenvalue weighted by molar-refractivity contribution is 0.318. The fourth-order valence-electron chi connectivity index (χ4n) is 3.77. The van der Waals surface area contributed by atoms with Gasteiger partial charge in [0.05, 0.1) is 5.02 Å². The molecule has 3 unspecified atom stereocenters. The smallest absolute Gasteiger partial charge is 0.138 e. The van der Waals surface area contributed by atoms with Crippen LogP contribution in [0.2, 0.25) is 10.0 Å². The third-order valence-corrected chi connectivity index (χ3v) is 5.22. The van der Waals surface area contributed by atoms with E-state index in [2.05, 4.69) is 5.32 Å². The maximum Gasteiger partial charge on any atom is 0.138 e. The fraction of sp³-hybridized carbons (Fsp3) is 0.600. The van der Waals surface area contributed by atoms with E-state index in [1.165, 1.54) is 25.7 Å². The van der Waals surface area contributed by atoms with Gasteiger partial charge in [-0.25, -0.2) is 0 Å². The van der Waals surface area contributed by atoms with Crippen molar-refractivity contribution in [3.05, 3.63) is 27.7 Å². The molecule has 2 bridgehead atoms. The highest BCUT2D eigenvalue weighted by molar-refractivity contribution is 6.35. The summed E-state index contributed by atoms with van der Waals surface area (Å²) in [6, 6.07) is 3.34. The quantitative estimate of drug-likeness (QED) is 0.872. The van der Waals surface area contributed by atoms with E-state index in [0.717, 1.165) is 29.9 Å². The lowest BCUT2D eigenvalue weighted by atomic mass is 9.89. The second kappa shape index (κ2) is 5.51. The SMILES string of the molecule is Oc1c(Cl)cc(Cl)cc1CNCC1CC2CCC1C2. The summed E-state index contributed by atoms with van der Waals surface area (Å²) in [4.78, 5) is 0. The standard InChI is InChI=1S/C15H19Cl2NO/c16-13-5-12(15(19)14(17)6-13)8-18-7-11-4-9-1-2-10(11)3-9/h5-6,9-11,18-19H,1-4,7-8H2. The van der Waals surface area contributed by atoms with Crippen LogP contribution in [0.1, 0.15) is 31.2 Å². The van der Waals surface area contributed by atoms with Gasteiger partial charge in [0.1, 0.15) is 5.75 Å². The Balaban J connectivity index is 1.55. The molecule has 0 spiro atoms. The van der Waals surface area contributed by atoms with E-state index in [9.17, 15) is 5.11 Å². The number of nitrogens with one attached hydrogen (secondary N) is 1. The van der Waals surface area contributed by atoms with E-state index in [1.807, 2.05) is 0 Å². The molecule has 3 atom stereocenters. The number of fused-ring (bicyclic) bond motifs is 2. The van der Waals surface area contributed by atoms with Gasteiger partial charge in [-0.15, -0.1) is 0 Å². The molecule has 2 fully saturated rings. The highest BCUT2D eigenvalue weighted by atomic mass is 35.5. The van der Waals surface area contributed by atoms with Crippen LogP contribution in [-0.4, -0.2) is 11.7 Å². The van der Waals surface area contributed by atoms with Crippen molar-refractivity contribution in [1.82, 2.24) is 5.32 Å². The third-order valence-electron chi connectivity index (χ3n) is 4.71. The summed E-state index contributed by atoms with van der Waals surface area (Å²) in [5.74, 6) is 2.86. The average molecular weight is 300 g/mol. The maximum atomic E-state index is 9.89. The van der Waals surface area contributed by atoms with Gasteiger partial charge in [-0.3, -0.25) is 0 Å². The number of hydrogen-bond donors (Lipinski definition) is 2. The molecule has 1 aromatic carbocycles. The zero-order valence-corrected chi connectivity index (χ0v) is 12.3. The van der Waals surface area contributed by atoms with Crippen molar-refractivity contribution >= 4 is 23.2 Å². The number of halogens is 2. The molecule has 3 rings (SSSR count). The Hall–Kier alpha value is -0.440. The normalized spacial score (nSPS) is 29.1. The molecule has 2 N–H and O–H groups in total. The van der Waals surface area contributed by atoms with Gasteiger partial charge in [-0.05, 0) is 55.7 Å². The third kappa shape index (κ3) is 2.86. The van der Waals surface area contributed by atoms with Gasteiger partial charge in [0, 0.05) is 17.1 Å². The van der Waals surface area contributed by atoms with Gasteiger partial charge in [0.15, 0.2) is 0 Å². The Morgan fingerprint density at radius 1 is 1.21 bits per heavy atom. The van der Waals surface area contributed by atoms with Crippen molar-refractivity contribution < 1.29 is 5.11 Å². The Morgan fingerprint density at radius 3 is 2.74 bits per heavy atom. The lowest BCUT2D eigenvalue weighted by Gasteiger charge is -2.22. The molecule has 0 heterocycles. The summed E-state index contributed by atoms with van der Waals surface area (Å²) in [5, 5.41) is 14.2. The minimum absolute atomic E-state index is 0.145. The Morgan fingerprint density at radius 2 is 2.05 bits per heavy atom. The molecule has 0 amide bonds. The second-order valence-corrected chi connectivity index (χ2v) is 6.80. The summed E-state index contributed by atoms with van der Waals surface area (Å²) in [7, 11) is 0. The molecule has 0 radical (unpaired) electrons. The Labute approximate surface area is 124 Å². The van der Waals surface area contributed by atoms with Gasteiger partial charge < -0.3 is 10.4 Å². The van der Waals surface area contributed by atoms with E-state index in [0.29, 0.717) is 16.6 Å². The second-order valence-electron chi connectivity index (χ2n) is 5.96. The topological polar surface area (TPSA) is 32.3 Å². The highest BCUT2D eigenvalue weighted by Gasteiger charge is 2.38. The molecule has 0 saturated heterocycles. The highest BCUT2D eigenvalue weighted by Crippen LogP contribution is 2.48. The van der Waals surface area contributed by atoms with Crippen molar-refractivity contribution in [3.8, 4) is 5.75 Å². The largest absolute Gasteiger partial charge is 0.506 e. The Bertz CT molecular complexity index is 477. The minimum Gasteiger partial charge on any atom is -0.506 e. The molecule has 19 heavy (non-hydrogen) atoms. The minimum atomic E-state index is 0.145. The number of hydrogen-bond acceptors (Lipinski definition) is 2. The predicted molar refractivity (Wildman–Crippen MR) is 78.8 cm³/mol. The zero-order chi connectivity index (χ0) is 13.4. The number of phenolic OH excluding ortho intramolecular Hbond substituents is 1. The number of rotatable bonds is 4. The van der Waals surface area contributed by atoms with Crippen LogP contribution in [0.5, 0.6) is 5.75 Å². The summed E-state index contributed by atoms with van der Waals surface area (Å²) in [5.41, 5.74) is 0.778. The van der Waals surface area contributed by atoms with Gasteiger partial charge in [-0.2, -0.15) is 0 Å². The van der Waals surface area contributed by atoms with E-state index in [4.69, 9.17) is 23.2 Å². The van der Waals surface area contributed by atoms with Crippen molar-refractivity contribution in [2.75, 3.05) is 6.54 Å². The van der Waals surface area contributed by atoms with Gasteiger partial charge >= 0.3 is 0 Å². The predicted octanol–water partition coefficient (Wildman–Crippen LogP) is 4.22. The lowest BCUT2D eigenvalue weighted by Crippen LogP contribution is -2.26. The molecule has 4 heteroatoms. The van der Waals surface area contributed by atoms with E-state index in [1.54, 1.807) is 12.1 Å². The van der Waals surface area contributed by atoms with Crippen LogP contribution in [0.3, 0.4) is 0 Å². The van der Waals surface area contributed by atoms with E-state index >= 15 is 0 Å². The van der Waals surface area contributed by atoms with E-state index in [-0.39, 0.29) is 5.75 Å². The monoisotopic (exact) mass is 299 g/mol. The van der Waals surface area contributed by atoms with Crippen LogP contribution in [-0.2, 0) is 6.54 Å². The molecular weight excluding hydrogens is 281 g/mol. The van der Waals surface area contributed by atoms with Crippen LogP contribution in [0, 0.1) is 17.8 Å². The maximum absolute atomic E-state index is 9.89.